The molecule has 0 aliphatic carbocycles. The molecule has 0 saturated heterocycles. The lowest BCUT2D eigenvalue weighted by molar-refractivity contribution is 0.103. The zero-order valence-electron chi connectivity index (χ0n) is 7.59. The van der Waals surface area contributed by atoms with E-state index in [0.717, 1.165) is 4.47 Å². The Hall–Kier alpha value is -1.62. The van der Waals surface area contributed by atoms with Gasteiger partial charge in [-0.15, -0.1) is 0 Å². The zero-order chi connectivity index (χ0) is 10.7. The third kappa shape index (κ3) is 2.24. The third-order valence-corrected chi connectivity index (χ3v) is 2.20. The van der Waals surface area contributed by atoms with Crippen molar-refractivity contribution in [1.82, 2.24) is 15.0 Å². The predicted octanol–water partition coefficient (Wildman–Crippen LogP) is 1.87. The van der Waals surface area contributed by atoms with E-state index < -0.39 is 0 Å². The smallest absolute Gasteiger partial charge is 0.214 e. The number of hydrogen-bond acceptors (Lipinski definition) is 4. The van der Waals surface area contributed by atoms with Crippen molar-refractivity contribution < 1.29 is 4.79 Å². The van der Waals surface area contributed by atoms with Crippen molar-refractivity contribution in [3.05, 3.63) is 52.8 Å². The Balaban J connectivity index is 2.37. The summed E-state index contributed by atoms with van der Waals surface area (Å²) in [5.74, 6) is -0.183. The molecule has 0 unspecified atom stereocenters. The van der Waals surface area contributed by atoms with E-state index in [1.807, 2.05) is 0 Å². The monoisotopic (exact) mass is 263 g/mol. The molecule has 0 spiro atoms. The fraction of sp³-hybridized carbons (Fsp3) is 0. The lowest BCUT2D eigenvalue weighted by Gasteiger charge is -1.99. The minimum absolute atomic E-state index is 0.183. The number of hydrogen-bond donors (Lipinski definition) is 0. The van der Waals surface area contributed by atoms with Gasteiger partial charge in [0, 0.05) is 34.8 Å². The van der Waals surface area contributed by atoms with Crippen LogP contribution < -0.4 is 0 Å². The van der Waals surface area contributed by atoms with E-state index in [4.69, 9.17) is 0 Å². The quantitative estimate of drug-likeness (QED) is 0.777. The zero-order valence-corrected chi connectivity index (χ0v) is 9.18. The van der Waals surface area contributed by atoms with Gasteiger partial charge >= 0.3 is 0 Å². The molecule has 15 heavy (non-hydrogen) atoms. The standard InChI is InChI=1S/C10H6BrN3O/c11-8-3-7(4-13-5-8)10(15)9-6-12-1-2-14-9/h1-6H. The van der Waals surface area contributed by atoms with Crippen LogP contribution in [0.1, 0.15) is 16.1 Å². The molecule has 0 aliphatic heterocycles. The number of pyridine rings is 1. The second-order valence-corrected chi connectivity index (χ2v) is 3.73. The van der Waals surface area contributed by atoms with Crippen molar-refractivity contribution in [1.29, 1.82) is 0 Å². The molecule has 2 heterocycles. The highest BCUT2D eigenvalue weighted by molar-refractivity contribution is 9.10. The fourth-order valence-corrected chi connectivity index (χ4v) is 1.47. The van der Waals surface area contributed by atoms with E-state index in [1.165, 1.54) is 24.8 Å². The Morgan fingerprint density at radius 3 is 2.67 bits per heavy atom. The Labute approximate surface area is 94.5 Å². The van der Waals surface area contributed by atoms with E-state index >= 15 is 0 Å². The van der Waals surface area contributed by atoms with Gasteiger partial charge in [0.25, 0.3) is 0 Å². The van der Waals surface area contributed by atoms with Gasteiger partial charge in [0.1, 0.15) is 5.69 Å². The number of ketones is 1. The summed E-state index contributed by atoms with van der Waals surface area (Å²) < 4.78 is 0.761. The highest BCUT2D eigenvalue weighted by Gasteiger charge is 2.10. The van der Waals surface area contributed by atoms with Crippen LogP contribution >= 0.6 is 15.9 Å². The van der Waals surface area contributed by atoms with Gasteiger partial charge < -0.3 is 0 Å². The first-order valence-corrected chi connectivity index (χ1v) is 4.98. The van der Waals surface area contributed by atoms with E-state index in [1.54, 1.807) is 12.3 Å². The van der Waals surface area contributed by atoms with Crippen molar-refractivity contribution in [3.8, 4) is 0 Å². The molecule has 4 nitrogen and oxygen atoms in total. The minimum Gasteiger partial charge on any atom is -0.287 e. The van der Waals surface area contributed by atoms with Crippen LogP contribution in [0.25, 0.3) is 0 Å². The molecule has 2 rings (SSSR count). The summed E-state index contributed by atoms with van der Waals surface area (Å²) in [6.07, 6.45) is 7.56. The summed E-state index contributed by atoms with van der Waals surface area (Å²) in [4.78, 5) is 23.5. The molecule has 2 aromatic heterocycles. The maximum absolute atomic E-state index is 11.8. The minimum atomic E-state index is -0.183. The van der Waals surface area contributed by atoms with Crippen molar-refractivity contribution in [2.45, 2.75) is 0 Å². The van der Waals surface area contributed by atoms with Gasteiger partial charge in [-0.05, 0) is 22.0 Å². The Kier molecular flexibility index (Phi) is 2.82. The molecule has 2 aromatic rings. The van der Waals surface area contributed by atoms with Gasteiger partial charge in [-0.3, -0.25) is 14.8 Å². The Morgan fingerprint density at radius 2 is 2.00 bits per heavy atom. The molecule has 0 N–H and O–H groups in total. The average molecular weight is 264 g/mol. The van der Waals surface area contributed by atoms with Crippen LogP contribution in [0.3, 0.4) is 0 Å². The lowest BCUT2D eigenvalue weighted by Crippen LogP contribution is -2.04. The first kappa shape index (κ1) is 9.92. The maximum Gasteiger partial charge on any atom is 0.214 e. The average Bonchev–Trinajstić information content (AvgIpc) is 2.29. The van der Waals surface area contributed by atoms with E-state index in [0.29, 0.717) is 11.3 Å². The summed E-state index contributed by atoms with van der Waals surface area (Å²) in [6.45, 7) is 0. The molecule has 5 heteroatoms. The van der Waals surface area contributed by atoms with Crippen molar-refractivity contribution >= 4 is 21.7 Å². The molecular weight excluding hydrogens is 258 g/mol. The molecule has 0 fully saturated rings. The molecule has 0 saturated carbocycles. The lowest BCUT2D eigenvalue weighted by atomic mass is 10.1. The molecule has 74 valence electrons. The van der Waals surface area contributed by atoms with Gasteiger partial charge in [-0.2, -0.15) is 0 Å². The molecule has 0 atom stereocenters. The normalized spacial score (nSPS) is 9.93. The number of carbonyl (C=O) groups excluding carboxylic acids is 1. The summed E-state index contributed by atoms with van der Waals surface area (Å²) in [7, 11) is 0. The number of carbonyl (C=O) groups is 1. The van der Waals surface area contributed by atoms with Gasteiger partial charge in [-0.25, -0.2) is 4.98 Å². The number of aromatic nitrogens is 3. The van der Waals surface area contributed by atoms with Crippen molar-refractivity contribution in [3.63, 3.8) is 0 Å². The topological polar surface area (TPSA) is 55.7 Å². The third-order valence-electron chi connectivity index (χ3n) is 1.76. The highest BCUT2D eigenvalue weighted by Crippen LogP contribution is 2.12. The van der Waals surface area contributed by atoms with Crippen LogP contribution in [0.15, 0.2) is 41.5 Å². The molecule has 0 aliphatic rings. The largest absolute Gasteiger partial charge is 0.287 e. The highest BCUT2D eigenvalue weighted by atomic mass is 79.9. The van der Waals surface area contributed by atoms with Crippen LogP contribution in [-0.2, 0) is 0 Å². The molecule has 0 amide bonds. The molecule has 0 radical (unpaired) electrons. The number of nitrogens with zero attached hydrogens (tertiary/aromatic N) is 3. The van der Waals surface area contributed by atoms with E-state index in [-0.39, 0.29) is 5.78 Å². The second kappa shape index (κ2) is 4.27. The van der Waals surface area contributed by atoms with Crippen LogP contribution in [0.5, 0.6) is 0 Å². The van der Waals surface area contributed by atoms with E-state index in [9.17, 15) is 4.79 Å². The van der Waals surface area contributed by atoms with Crippen LogP contribution in [-0.4, -0.2) is 20.7 Å². The maximum atomic E-state index is 11.8. The molecule has 0 bridgehead atoms. The number of rotatable bonds is 2. The predicted molar refractivity (Wildman–Crippen MR) is 57.4 cm³/mol. The summed E-state index contributed by atoms with van der Waals surface area (Å²) in [6, 6.07) is 1.70. The van der Waals surface area contributed by atoms with Crippen molar-refractivity contribution in [2.24, 2.45) is 0 Å². The first-order valence-electron chi connectivity index (χ1n) is 4.18. The van der Waals surface area contributed by atoms with Crippen molar-refractivity contribution in [2.75, 3.05) is 0 Å². The van der Waals surface area contributed by atoms with Gasteiger partial charge in [-0.1, -0.05) is 0 Å². The van der Waals surface area contributed by atoms with Gasteiger partial charge in [0.2, 0.25) is 5.78 Å². The summed E-state index contributed by atoms with van der Waals surface area (Å²) in [5.41, 5.74) is 0.808. The fourth-order valence-electron chi connectivity index (χ4n) is 1.10. The van der Waals surface area contributed by atoms with Gasteiger partial charge in [0.15, 0.2) is 0 Å². The molecular formula is C10H6BrN3O. The van der Waals surface area contributed by atoms with E-state index in [2.05, 4.69) is 30.9 Å². The summed E-state index contributed by atoms with van der Waals surface area (Å²) >= 11 is 3.25. The van der Waals surface area contributed by atoms with Crippen LogP contribution in [0, 0.1) is 0 Å². The first-order chi connectivity index (χ1) is 7.27. The Bertz CT molecular complexity index is 487. The van der Waals surface area contributed by atoms with Gasteiger partial charge in [0.05, 0.1) is 6.20 Å². The number of halogens is 1. The SMILES string of the molecule is O=C(c1cncc(Br)c1)c1cnccn1. The van der Waals surface area contributed by atoms with Crippen LogP contribution in [0.2, 0.25) is 0 Å². The van der Waals surface area contributed by atoms with Crippen LogP contribution in [0.4, 0.5) is 0 Å². The second-order valence-electron chi connectivity index (χ2n) is 2.81. The molecule has 0 aromatic carbocycles. The Morgan fingerprint density at radius 1 is 1.13 bits per heavy atom. The summed E-state index contributed by atoms with van der Waals surface area (Å²) in [5, 5.41) is 0.